The van der Waals surface area contributed by atoms with Gasteiger partial charge in [-0.15, -0.1) is 0 Å². The first-order chi connectivity index (χ1) is 18.3. The number of halogens is 3. The molecule has 4 rings (SSSR count). The van der Waals surface area contributed by atoms with Gasteiger partial charge in [0.05, 0.1) is 11.6 Å². The minimum absolute atomic E-state index is 0.135. The normalized spacial score (nSPS) is 18.9. The standard InChI is InChI=1S/C28H35F3N6O/c29-28(30,31)27-34-25(36-15-11-21(10-13-32)12-16-36)17-26(35-27)37-14-2-4-23(19-37)24(38)5-1-3-20-6-8-22(18-33)9-7-20/h6-9,17,21,23H,1-5,10-16,19,32H2/t23-/m1/s1. The summed E-state index contributed by atoms with van der Waals surface area (Å²) in [5, 5.41) is 8.92. The Balaban J connectivity index is 1.41. The lowest BCUT2D eigenvalue weighted by molar-refractivity contribution is -0.144. The average Bonchev–Trinajstić information content (AvgIpc) is 2.93. The molecular formula is C28H35F3N6O. The Hall–Kier alpha value is -3.19. The maximum atomic E-state index is 13.7. The molecule has 1 aromatic heterocycles. The summed E-state index contributed by atoms with van der Waals surface area (Å²) in [7, 11) is 0. The number of piperidine rings is 2. The number of aromatic nitrogens is 2. The predicted molar refractivity (Wildman–Crippen MR) is 140 cm³/mol. The number of nitrogens with zero attached hydrogens (tertiary/aromatic N) is 5. The van der Waals surface area contributed by atoms with Gasteiger partial charge in [-0.05, 0) is 75.1 Å². The average molecular weight is 529 g/mol. The smallest absolute Gasteiger partial charge is 0.356 e. The number of nitrogens with two attached hydrogens (primary N) is 1. The third kappa shape index (κ3) is 7.22. The zero-order valence-corrected chi connectivity index (χ0v) is 21.6. The first-order valence-corrected chi connectivity index (χ1v) is 13.4. The molecule has 10 heteroatoms. The minimum atomic E-state index is -4.65. The quantitative estimate of drug-likeness (QED) is 0.502. The van der Waals surface area contributed by atoms with E-state index < -0.39 is 12.0 Å². The first kappa shape index (κ1) is 27.8. The Kier molecular flexibility index (Phi) is 9.21. The van der Waals surface area contributed by atoms with Crippen molar-refractivity contribution in [2.24, 2.45) is 17.6 Å². The molecule has 1 aromatic carbocycles. The van der Waals surface area contributed by atoms with Crippen LogP contribution in [0.1, 0.15) is 61.9 Å². The number of alkyl halides is 3. The molecular weight excluding hydrogens is 493 g/mol. The van der Waals surface area contributed by atoms with E-state index in [1.165, 1.54) is 0 Å². The van der Waals surface area contributed by atoms with E-state index in [1.807, 2.05) is 21.9 Å². The molecule has 2 aromatic rings. The molecule has 0 bridgehead atoms. The molecule has 0 unspecified atom stereocenters. The van der Waals surface area contributed by atoms with Gasteiger partial charge in [0.1, 0.15) is 17.4 Å². The molecule has 2 fully saturated rings. The first-order valence-electron chi connectivity index (χ1n) is 13.4. The number of ketones is 1. The maximum Gasteiger partial charge on any atom is 0.451 e. The summed E-state index contributed by atoms with van der Waals surface area (Å²) >= 11 is 0. The zero-order valence-electron chi connectivity index (χ0n) is 21.6. The van der Waals surface area contributed by atoms with Crippen LogP contribution in [0.4, 0.5) is 24.8 Å². The Morgan fingerprint density at radius 2 is 1.74 bits per heavy atom. The van der Waals surface area contributed by atoms with Crippen LogP contribution in [0, 0.1) is 23.2 Å². The fourth-order valence-corrected chi connectivity index (χ4v) is 5.42. The summed E-state index contributed by atoms with van der Waals surface area (Å²) in [6, 6.07) is 11.1. The summed E-state index contributed by atoms with van der Waals surface area (Å²) < 4.78 is 41.2. The molecule has 0 amide bonds. The molecule has 0 spiro atoms. The summed E-state index contributed by atoms with van der Waals surface area (Å²) in [5.74, 6) is -0.207. The van der Waals surface area contributed by atoms with Crippen LogP contribution in [0.3, 0.4) is 0 Å². The second-order valence-electron chi connectivity index (χ2n) is 10.3. The number of benzene rings is 1. The summed E-state index contributed by atoms with van der Waals surface area (Å²) in [6.45, 7) is 2.81. The fraction of sp³-hybridized carbons (Fsp3) is 0.571. The molecule has 0 saturated carbocycles. The Morgan fingerprint density at radius 3 is 2.37 bits per heavy atom. The van der Waals surface area contributed by atoms with E-state index in [-0.39, 0.29) is 17.5 Å². The van der Waals surface area contributed by atoms with E-state index in [4.69, 9.17) is 11.0 Å². The van der Waals surface area contributed by atoms with Crippen LogP contribution in [0.15, 0.2) is 30.3 Å². The van der Waals surface area contributed by atoms with Crippen LogP contribution >= 0.6 is 0 Å². The van der Waals surface area contributed by atoms with Crippen molar-refractivity contribution in [2.75, 3.05) is 42.5 Å². The van der Waals surface area contributed by atoms with Gasteiger partial charge in [-0.25, -0.2) is 9.97 Å². The van der Waals surface area contributed by atoms with E-state index in [0.717, 1.165) is 44.1 Å². The largest absolute Gasteiger partial charge is 0.451 e. The number of carbonyl (C=O) groups is 1. The number of hydrogen-bond donors (Lipinski definition) is 1. The van der Waals surface area contributed by atoms with Crippen molar-refractivity contribution in [3.05, 3.63) is 47.3 Å². The monoisotopic (exact) mass is 528 g/mol. The molecule has 0 aliphatic carbocycles. The topological polar surface area (TPSA) is 99.1 Å². The van der Waals surface area contributed by atoms with Crippen LogP contribution in [0.5, 0.6) is 0 Å². The molecule has 1 atom stereocenters. The number of anilines is 2. The highest BCUT2D eigenvalue weighted by molar-refractivity contribution is 5.81. The second kappa shape index (κ2) is 12.6. The fourth-order valence-electron chi connectivity index (χ4n) is 5.42. The number of nitriles is 1. The number of aryl methyl sites for hydroxylation is 1. The predicted octanol–water partition coefficient (Wildman–Crippen LogP) is 4.74. The van der Waals surface area contributed by atoms with E-state index in [9.17, 15) is 18.0 Å². The van der Waals surface area contributed by atoms with Crippen LogP contribution in [0.2, 0.25) is 0 Å². The highest BCUT2D eigenvalue weighted by atomic mass is 19.4. The summed E-state index contributed by atoms with van der Waals surface area (Å²) in [6.07, 6.45) is 1.31. The van der Waals surface area contributed by atoms with Crippen molar-refractivity contribution < 1.29 is 18.0 Å². The van der Waals surface area contributed by atoms with Crippen LogP contribution < -0.4 is 15.5 Å². The van der Waals surface area contributed by atoms with Gasteiger partial charge in [-0.3, -0.25) is 4.79 Å². The molecule has 7 nitrogen and oxygen atoms in total. The van der Waals surface area contributed by atoms with Gasteiger partial charge in [-0.1, -0.05) is 12.1 Å². The third-order valence-corrected chi connectivity index (χ3v) is 7.64. The van der Waals surface area contributed by atoms with E-state index in [1.54, 1.807) is 18.2 Å². The van der Waals surface area contributed by atoms with Gasteiger partial charge in [0.25, 0.3) is 0 Å². The number of hydrogen-bond acceptors (Lipinski definition) is 7. The molecule has 38 heavy (non-hydrogen) atoms. The second-order valence-corrected chi connectivity index (χ2v) is 10.3. The van der Waals surface area contributed by atoms with Crippen molar-refractivity contribution in [1.82, 2.24) is 9.97 Å². The lowest BCUT2D eigenvalue weighted by atomic mass is 9.90. The minimum Gasteiger partial charge on any atom is -0.356 e. The molecule has 204 valence electrons. The van der Waals surface area contributed by atoms with Crippen LogP contribution in [0.25, 0.3) is 0 Å². The van der Waals surface area contributed by atoms with Crippen molar-refractivity contribution >= 4 is 17.4 Å². The van der Waals surface area contributed by atoms with Gasteiger partial charge in [0.15, 0.2) is 0 Å². The Morgan fingerprint density at radius 1 is 1.05 bits per heavy atom. The van der Waals surface area contributed by atoms with Crippen molar-refractivity contribution in [3.63, 3.8) is 0 Å². The van der Waals surface area contributed by atoms with Gasteiger partial charge in [0, 0.05) is 44.6 Å². The van der Waals surface area contributed by atoms with Crippen molar-refractivity contribution in [3.8, 4) is 6.07 Å². The van der Waals surface area contributed by atoms with E-state index >= 15 is 0 Å². The number of carbonyl (C=O) groups excluding carboxylic acids is 1. The molecule has 3 heterocycles. The Bertz CT molecular complexity index is 1120. The highest BCUT2D eigenvalue weighted by Gasteiger charge is 2.37. The van der Waals surface area contributed by atoms with Gasteiger partial charge >= 0.3 is 6.18 Å². The highest BCUT2D eigenvalue weighted by Crippen LogP contribution is 2.33. The van der Waals surface area contributed by atoms with Gasteiger partial charge in [-0.2, -0.15) is 18.4 Å². The molecule has 2 aliphatic heterocycles. The summed E-state index contributed by atoms with van der Waals surface area (Å²) in [4.78, 5) is 24.5. The zero-order chi connectivity index (χ0) is 27.1. The van der Waals surface area contributed by atoms with Crippen molar-refractivity contribution in [1.29, 1.82) is 5.26 Å². The van der Waals surface area contributed by atoms with Crippen molar-refractivity contribution in [2.45, 2.75) is 57.5 Å². The lowest BCUT2D eigenvalue weighted by Gasteiger charge is -2.35. The number of rotatable bonds is 9. The Labute approximate surface area is 221 Å². The van der Waals surface area contributed by atoms with E-state index in [2.05, 4.69) is 16.0 Å². The van der Waals surface area contributed by atoms with Gasteiger partial charge < -0.3 is 15.5 Å². The molecule has 2 aliphatic rings. The third-order valence-electron chi connectivity index (χ3n) is 7.64. The molecule has 0 radical (unpaired) electrons. The SMILES string of the molecule is N#Cc1ccc(CCCC(=O)[C@@H]2CCCN(c3cc(N4CCC(CCN)CC4)nc(C(F)(F)F)n3)C2)cc1. The molecule has 2 saturated heterocycles. The molecule has 2 N–H and O–H groups in total. The van der Waals surface area contributed by atoms with Crippen LogP contribution in [-0.2, 0) is 17.4 Å². The van der Waals surface area contributed by atoms with Gasteiger partial charge in [0.2, 0.25) is 5.82 Å². The van der Waals surface area contributed by atoms with E-state index in [0.29, 0.717) is 62.9 Å². The number of Topliss-reactive ketones (excluding diaryl/α,β-unsaturated/α-hetero) is 1. The maximum absolute atomic E-state index is 13.7. The van der Waals surface area contributed by atoms with Crippen LogP contribution in [-0.4, -0.2) is 48.5 Å². The lowest BCUT2D eigenvalue weighted by Crippen LogP contribution is -2.40. The summed E-state index contributed by atoms with van der Waals surface area (Å²) in [5.41, 5.74) is 7.35.